The van der Waals surface area contributed by atoms with Crippen LogP contribution in [-0.4, -0.2) is 18.3 Å². The summed E-state index contributed by atoms with van der Waals surface area (Å²) in [6, 6.07) is 11.5. The second-order valence-electron chi connectivity index (χ2n) is 4.70. The molecule has 2 heterocycles. The zero-order valence-corrected chi connectivity index (χ0v) is 12.0. The molecule has 1 aliphatic heterocycles. The van der Waals surface area contributed by atoms with Crippen LogP contribution in [0.1, 0.15) is 18.3 Å². The maximum absolute atomic E-state index is 5.76. The molecule has 0 unspecified atom stereocenters. The van der Waals surface area contributed by atoms with Crippen molar-refractivity contribution in [3.63, 3.8) is 0 Å². The number of rotatable bonds is 6. The third kappa shape index (κ3) is 3.44. The lowest BCUT2D eigenvalue weighted by Gasteiger charge is -2.08. The van der Waals surface area contributed by atoms with Crippen molar-refractivity contribution in [2.75, 3.05) is 13.3 Å². The minimum absolute atomic E-state index is 0.271. The molecule has 0 saturated carbocycles. The van der Waals surface area contributed by atoms with Gasteiger partial charge >= 0.3 is 0 Å². The summed E-state index contributed by atoms with van der Waals surface area (Å²) >= 11 is 0. The van der Waals surface area contributed by atoms with Crippen molar-refractivity contribution < 1.29 is 14.2 Å². The number of benzene rings is 1. The lowest BCUT2D eigenvalue weighted by atomic mass is 10.3. The largest absolute Gasteiger partial charge is 0.487 e. The molecule has 3 rings (SSSR count). The van der Waals surface area contributed by atoms with Gasteiger partial charge in [-0.15, -0.1) is 0 Å². The third-order valence-corrected chi connectivity index (χ3v) is 3.15. The fraction of sp³-hybridized carbons (Fsp3) is 0.312. The molecule has 0 spiro atoms. The number of hydrogen-bond acceptors (Lipinski definition) is 5. The van der Waals surface area contributed by atoms with E-state index in [9.17, 15) is 0 Å². The summed E-state index contributed by atoms with van der Waals surface area (Å²) in [5.74, 6) is 2.23. The molecule has 1 aromatic heterocycles. The van der Waals surface area contributed by atoms with Gasteiger partial charge in [-0.25, -0.2) is 0 Å². The number of hydrogen-bond donors (Lipinski definition) is 1. The molecule has 110 valence electrons. The molecular formula is C16H18N2O3. The maximum Gasteiger partial charge on any atom is 0.231 e. The van der Waals surface area contributed by atoms with Crippen molar-refractivity contribution in [2.45, 2.75) is 20.1 Å². The summed E-state index contributed by atoms with van der Waals surface area (Å²) in [5, 5.41) is 3.26. The molecule has 0 radical (unpaired) electrons. The Morgan fingerprint density at radius 2 is 2.00 bits per heavy atom. The van der Waals surface area contributed by atoms with Crippen LogP contribution in [0, 0.1) is 0 Å². The first-order valence-electron chi connectivity index (χ1n) is 7.03. The number of nitrogens with one attached hydrogen (secondary N) is 1. The predicted molar refractivity (Wildman–Crippen MR) is 78.5 cm³/mol. The van der Waals surface area contributed by atoms with Crippen LogP contribution in [0.4, 0.5) is 0 Å². The molecule has 0 saturated heterocycles. The molecular weight excluding hydrogens is 268 g/mol. The van der Waals surface area contributed by atoms with Crippen molar-refractivity contribution in [2.24, 2.45) is 0 Å². The van der Waals surface area contributed by atoms with Crippen LogP contribution < -0.4 is 19.5 Å². The zero-order chi connectivity index (χ0) is 14.5. The van der Waals surface area contributed by atoms with E-state index in [1.807, 2.05) is 36.4 Å². The third-order valence-electron chi connectivity index (χ3n) is 3.15. The van der Waals surface area contributed by atoms with E-state index in [1.54, 1.807) is 0 Å². The average molecular weight is 286 g/mol. The van der Waals surface area contributed by atoms with Crippen LogP contribution >= 0.6 is 0 Å². The van der Waals surface area contributed by atoms with E-state index in [-0.39, 0.29) is 6.79 Å². The van der Waals surface area contributed by atoms with Gasteiger partial charge < -0.3 is 19.5 Å². The van der Waals surface area contributed by atoms with Gasteiger partial charge in [0, 0.05) is 12.6 Å². The minimum Gasteiger partial charge on any atom is -0.487 e. The highest BCUT2D eigenvalue weighted by Gasteiger charge is 2.13. The van der Waals surface area contributed by atoms with Crippen LogP contribution in [0.3, 0.4) is 0 Å². The van der Waals surface area contributed by atoms with Crippen molar-refractivity contribution >= 4 is 0 Å². The van der Waals surface area contributed by atoms with Crippen LogP contribution in [0.5, 0.6) is 17.2 Å². The Balaban J connectivity index is 1.62. The van der Waals surface area contributed by atoms with Gasteiger partial charge in [0.2, 0.25) is 6.79 Å². The molecule has 5 nitrogen and oxygen atoms in total. The van der Waals surface area contributed by atoms with Gasteiger partial charge in [0.05, 0.1) is 11.4 Å². The standard InChI is InChI=1S/C16H18N2O3/c1-2-17-9-12-4-3-5-13(18-12)10-19-14-6-7-15-16(8-14)21-11-20-15/h3-8,17H,2,9-11H2,1H3. The van der Waals surface area contributed by atoms with E-state index in [0.717, 1.165) is 41.7 Å². The molecule has 0 fully saturated rings. The van der Waals surface area contributed by atoms with Crippen LogP contribution in [-0.2, 0) is 13.2 Å². The molecule has 2 aromatic rings. The smallest absolute Gasteiger partial charge is 0.231 e. The summed E-state index contributed by atoms with van der Waals surface area (Å²) in [6.45, 7) is 4.48. The molecule has 0 atom stereocenters. The monoisotopic (exact) mass is 286 g/mol. The van der Waals surface area contributed by atoms with E-state index in [4.69, 9.17) is 14.2 Å². The van der Waals surface area contributed by atoms with Gasteiger partial charge in [-0.2, -0.15) is 0 Å². The lowest BCUT2D eigenvalue weighted by Crippen LogP contribution is -2.13. The molecule has 5 heteroatoms. The molecule has 0 bridgehead atoms. The molecule has 1 aliphatic rings. The van der Waals surface area contributed by atoms with Crippen molar-refractivity contribution in [3.05, 3.63) is 47.8 Å². The van der Waals surface area contributed by atoms with Gasteiger partial charge in [0.15, 0.2) is 11.5 Å². The van der Waals surface area contributed by atoms with Crippen molar-refractivity contribution in [3.8, 4) is 17.2 Å². The van der Waals surface area contributed by atoms with Gasteiger partial charge in [0.25, 0.3) is 0 Å². The number of nitrogens with zero attached hydrogens (tertiary/aromatic N) is 1. The van der Waals surface area contributed by atoms with E-state index >= 15 is 0 Å². The Morgan fingerprint density at radius 3 is 2.90 bits per heavy atom. The van der Waals surface area contributed by atoms with Crippen LogP contribution in [0.2, 0.25) is 0 Å². The summed E-state index contributed by atoms with van der Waals surface area (Å²) in [5.41, 5.74) is 1.92. The Hall–Kier alpha value is -2.27. The maximum atomic E-state index is 5.76. The average Bonchev–Trinajstić information content (AvgIpc) is 2.99. The first kappa shape index (κ1) is 13.7. The normalized spacial score (nSPS) is 12.4. The van der Waals surface area contributed by atoms with E-state index in [2.05, 4.69) is 17.2 Å². The lowest BCUT2D eigenvalue weighted by molar-refractivity contribution is 0.173. The summed E-state index contributed by atoms with van der Waals surface area (Å²) in [4.78, 5) is 4.55. The second kappa shape index (κ2) is 6.45. The Labute approximate surface area is 123 Å². The van der Waals surface area contributed by atoms with Gasteiger partial charge in [0.1, 0.15) is 12.4 Å². The molecule has 0 aliphatic carbocycles. The Morgan fingerprint density at radius 1 is 1.14 bits per heavy atom. The van der Waals surface area contributed by atoms with Gasteiger partial charge in [-0.3, -0.25) is 4.98 Å². The van der Waals surface area contributed by atoms with E-state index in [0.29, 0.717) is 6.61 Å². The Bertz CT molecular complexity index is 616. The first-order valence-corrected chi connectivity index (χ1v) is 7.03. The fourth-order valence-electron chi connectivity index (χ4n) is 2.09. The van der Waals surface area contributed by atoms with E-state index in [1.165, 1.54) is 0 Å². The predicted octanol–water partition coefficient (Wildman–Crippen LogP) is 2.50. The highest BCUT2D eigenvalue weighted by Crippen LogP contribution is 2.35. The van der Waals surface area contributed by atoms with E-state index < -0.39 is 0 Å². The summed E-state index contributed by atoms with van der Waals surface area (Å²) < 4.78 is 16.4. The van der Waals surface area contributed by atoms with Crippen molar-refractivity contribution in [1.82, 2.24) is 10.3 Å². The second-order valence-corrected chi connectivity index (χ2v) is 4.70. The zero-order valence-electron chi connectivity index (χ0n) is 12.0. The highest BCUT2D eigenvalue weighted by atomic mass is 16.7. The molecule has 0 amide bonds. The van der Waals surface area contributed by atoms with Crippen LogP contribution in [0.25, 0.3) is 0 Å². The molecule has 1 N–H and O–H groups in total. The number of aromatic nitrogens is 1. The SMILES string of the molecule is CCNCc1cccc(COc2ccc3c(c2)OCO3)n1. The number of pyridine rings is 1. The quantitative estimate of drug-likeness (QED) is 0.884. The van der Waals surface area contributed by atoms with Gasteiger partial charge in [-0.05, 0) is 30.8 Å². The number of ether oxygens (including phenoxy) is 3. The topological polar surface area (TPSA) is 52.6 Å². The first-order chi connectivity index (χ1) is 10.3. The minimum atomic E-state index is 0.271. The molecule has 21 heavy (non-hydrogen) atoms. The summed E-state index contributed by atoms with van der Waals surface area (Å²) in [6.07, 6.45) is 0. The summed E-state index contributed by atoms with van der Waals surface area (Å²) in [7, 11) is 0. The molecule has 1 aromatic carbocycles. The van der Waals surface area contributed by atoms with Crippen molar-refractivity contribution in [1.29, 1.82) is 0 Å². The van der Waals surface area contributed by atoms with Gasteiger partial charge in [-0.1, -0.05) is 13.0 Å². The highest BCUT2D eigenvalue weighted by molar-refractivity contribution is 5.46. The Kier molecular flexibility index (Phi) is 4.21. The fourth-order valence-corrected chi connectivity index (χ4v) is 2.09. The van der Waals surface area contributed by atoms with Crippen LogP contribution in [0.15, 0.2) is 36.4 Å². The number of fused-ring (bicyclic) bond motifs is 1.